The van der Waals surface area contributed by atoms with Crippen LogP contribution in [-0.4, -0.2) is 35.0 Å². The van der Waals surface area contributed by atoms with Gasteiger partial charge in [0.1, 0.15) is 0 Å². The molecule has 0 spiro atoms. The zero-order valence-electron chi connectivity index (χ0n) is 9.79. The SMILES string of the molecule is OCC1CCN(c2ccc(C(O)O)cc2)CC1. The van der Waals surface area contributed by atoms with E-state index in [0.717, 1.165) is 31.6 Å². The van der Waals surface area contributed by atoms with Gasteiger partial charge in [-0.1, -0.05) is 12.1 Å². The number of piperidine rings is 1. The van der Waals surface area contributed by atoms with Crippen molar-refractivity contribution in [1.29, 1.82) is 0 Å². The highest BCUT2D eigenvalue weighted by Gasteiger charge is 2.18. The van der Waals surface area contributed by atoms with Crippen molar-refractivity contribution in [3.05, 3.63) is 29.8 Å². The summed E-state index contributed by atoms with van der Waals surface area (Å²) in [4.78, 5) is 2.26. The van der Waals surface area contributed by atoms with Gasteiger partial charge in [0, 0.05) is 30.9 Å². The summed E-state index contributed by atoms with van der Waals surface area (Å²) < 4.78 is 0. The Bertz CT molecular complexity index is 342. The molecule has 0 bridgehead atoms. The minimum absolute atomic E-state index is 0.281. The molecule has 17 heavy (non-hydrogen) atoms. The molecule has 0 amide bonds. The first-order valence-corrected chi connectivity index (χ1v) is 6.02. The van der Waals surface area contributed by atoms with Crippen molar-refractivity contribution >= 4 is 5.69 Å². The van der Waals surface area contributed by atoms with Crippen molar-refractivity contribution in [1.82, 2.24) is 0 Å². The second-order valence-corrected chi connectivity index (χ2v) is 4.58. The molecule has 2 rings (SSSR count). The van der Waals surface area contributed by atoms with Crippen LogP contribution in [0.25, 0.3) is 0 Å². The van der Waals surface area contributed by atoms with E-state index in [1.807, 2.05) is 12.1 Å². The third-order valence-corrected chi connectivity index (χ3v) is 3.43. The first-order valence-electron chi connectivity index (χ1n) is 6.02. The lowest BCUT2D eigenvalue weighted by molar-refractivity contribution is -0.0424. The maximum atomic E-state index is 9.07. The summed E-state index contributed by atoms with van der Waals surface area (Å²) in [5.74, 6) is 0.435. The molecule has 0 radical (unpaired) electrons. The number of benzene rings is 1. The lowest BCUT2D eigenvalue weighted by Crippen LogP contribution is -2.34. The number of anilines is 1. The summed E-state index contributed by atoms with van der Waals surface area (Å²) in [6, 6.07) is 7.29. The summed E-state index contributed by atoms with van der Waals surface area (Å²) in [5, 5.41) is 27.1. The van der Waals surface area contributed by atoms with Gasteiger partial charge in [0.05, 0.1) is 0 Å². The third-order valence-electron chi connectivity index (χ3n) is 3.43. The van der Waals surface area contributed by atoms with Crippen LogP contribution in [0, 0.1) is 5.92 Å². The number of aliphatic hydroxyl groups is 3. The molecule has 94 valence electrons. The maximum absolute atomic E-state index is 9.07. The first-order chi connectivity index (χ1) is 8.20. The maximum Gasteiger partial charge on any atom is 0.178 e. The van der Waals surface area contributed by atoms with E-state index >= 15 is 0 Å². The van der Waals surface area contributed by atoms with Gasteiger partial charge in [-0.15, -0.1) is 0 Å². The Labute approximate surface area is 101 Å². The van der Waals surface area contributed by atoms with Crippen molar-refractivity contribution in [2.75, 3.05) is 24.6 Å². The number of nitrogens with zero attached hydrogens (tertiary/aromatic N) is 1. The van der Waals surface area contributed by atoms with Crippen molar-refractivity contribution in [3.8, 4) is 0 Å². The van der Waals surface area contributed by atoms with E-state index in [0.29, 0.717) is 11.5 Å². The first kappa shape index (κ1) is 12.4. The van der Waals surface area contributed by atoms with Crippen LogP contribution in [0.3, 0.4) is 0 Å². The van der Waals surface area contributed by atoms with Crippen molar-refractivity contribution in [2.45, 2.75) is 19.1 Å². The minimum Gasteiger partial charge on any atom is -0.396 e. The summed E-state index contributed by atoms with van der Waals surface area (Å²) in [6.07, 6.45) is 0.631. The van der Waals surface area contributed by atoms with Crippen LogP contribution in [0.15, 0.2) is 24.3 Å². The zero-order chi connectivity index (χ0) is 12.3. The molecular weight excluding hydrogens is 218 g/mol. The lowest BCUT2D eigenvalue weighted by Gasteiger charge is -2.33. The number of rotatable bonds is 3. The summed E-state index contributed by atoms with van der Waals surface area (Å²) >= 11 is 0. The fourth-order valence-electron chi connectivity index (χ4n) is 2.23. The van der Waals surface area contributed by atoms with E-state index in [-0.39, 0.29) is 6.61 Å². The number of aliphatic hydroxyl groups excluding tert-OH is 2. The topological polar surface area (TPSA) is 63.9 Å². The normalized spacial score (nSPS) is 17.8. The predicted octanol–water partition coefficient (Wildman–Crippen LogP) is 0.878. The Balaban J connectivity index is 1.99. The second kappa shape index (κ2) is 5.49. The van der Waals surface area contributed by atoms with E-state index in [9.17, 15) is 0 Å². The quantitative estimate of drug-likeness (QED) is 0.683. The standard InChI is InChI=1S/C13H19NO3/c15-9-10-5-7-14(8-6-10)12-3-1-11(2-4-12)13(16)17/h1-4,10,13,15-17H,5-9H2. The monoisotopic (exact) mass is 237 g/mol. The van der Waals surface area contributed by atoms with Crippen LogP contribution in [0.5, 0.6) is 0 Å². The molecule has 0 atom stereocenters. The smallest absolute Gasteiger partial charge is 0.178 e. The van der Waals surface area contributed by atoms with Crippen LogP contribution >= 0.6 is 0 Å². The molecule has 1 saturated heterocycles. The molecule has 1 heterocycles. The van der Waals surface area contributed by atoms with Gasteiger partial charge in [0.15, 0.2) is 6.29 Å². The largest absolute Gasteiger partial charge is 0.396 e. The van der Waals surface area contributed by atoms with E-state index in [2.05, 4.69) is 4.90 Å². The second-order valence-electron chi connectivity index (χ2n) is 4.58. The Hall–Kier alpha value is -1.10. The average molecular weight is 237 g/mol. The van der Waals surface area contributed by atoms with Gasteiger partial charge in [-0.05, 0) is 30.9 Å². The molecule has 1 aromatic carbocycles. The summed E-state index contributed by atoms with van der Waals surface area (Å²) in [5.41, 5.74) is 1.62. The Morgan fingerprint density at radius 1 is 1.12 bits per heavy atom. The van der Waals surface area contributed by atoms with Crippen LogP contribution in [-0.2, 0) is 0 Å². The molecule has 0 unspecified atom stereocenters. The highest BCUT2D eigenvalue weighted by molar-refractivity contribution is 5.48. The molecule has 4 nitrogen and oxygen atoms in total. The Kier molecular flexibility index (Phi) is 3.99. The Morgan fingerprint density at radius 2 is 1.71 bits per heavy atom. The van der Waals surface area contributed by atoms with E-state index in [4.69, 9.17) is 15.3 Å². The molecular formula is C13H19NO3. The fraction of sp³-hybridized carbons (Fsp3) is 0.538. The summed E-state index contributed by atoms with van der Waals surface area (Å²) in [7, 11) is 0. The van der Waals surface area contributed by atoms with Gasteiger partial charge in [-0.2, -0.15) is 0 Å². The molecule has 3 N–H and O–H groups in total. The van der Waals surface area contributed by atoms with Gasteiger partial charge in [-0.25, -0.2) is 0 Å². The van der Waals surface area contributed by atoms with Crippen molar-refractivity contribution in [3.63, 3.8) is 0 Å². The van der Waals surface area contributed by atoms with Gasteiger partial charge in [0.2, 0.25) is 0 Å². The lowest BCUT2D eigenvalue weighted by atomic mass is 9.97. The molecule has 0 aromatic heterocycles. The van der Waals surface area contributed by atoms with E-state index in [1.165, 1.54) is 0 Å². The van der Waals surface area contributed by atoms with Gasteiger partial charge >= 0.3 is 0 Å². The zero-order valence-corrected chi connectivity index (χ0v) is 9.79. The van der Waals surface area contributed by atoms with Crippen LogP contribution in [0.2, 0.25) is 0 Å². The van der Waals surface area contributed by atoms with Gasteiger partial charge in [0.25, 0.3) is 0 Å². The molecule has 0 saturated carbocycles. The summed E-state index contributed by atoms with van der Waals surface area (Å²) in [6.45, 7) is 2.18. The average Bonchev–Trinajstić information content (AvgIpc) is 2.39. The highest BCUT2D eigenvalue weighted by Crippen LogP contribution is 2.24. The highest BCUT2D eigenvalue weighted by atomic mass is 16.5. The molecule has 1 aliphatic heterocycles. The van der Waals surface area contributed by atoms with E-state index in [1.54, 1.807) is 12.1 Å². The molecule has 0 aliphatic carbocycles. The van der Waals surface area contributed by atoms with Gasteiger partial charge < -0.3 is 20.2 Å². The number of hydrogen-bond acceptors (Lipinski definition) is 4. The minimum atomic E-state index is -1.40. The molecule has 1 fully saturated rings. The van der Waals surface area contributed by atoms with Crippen molar-refractivity contribution in [2.24, 2.45) is 5.92 Å². The number of hydrogen-bond donors (Lipinski definition) is 3. The molecule has 1 aliphatic rings. The third kappa shape index (κ3) is 2.97. The van der Waals surface area contributed by atoms with Crippen LogP contribution < -0.4 is 4.90 Å². The Morgan fingerprint density at radius 3 is 2.18 bits per heavy atom. The van der Waals surface area contributed by atoms with Crippen LogP contribution in [0.4, 0.5) is 5.69 Å². The molecule has 1 aromatic rings. The van der Waals surface area contributed by atoms with Crippen molar-refractivity contribution < 1.29 is 15.3 Å². The molecule has 4 heteroatoms. The van der Waals surface area contributed by atoms with E-state index < -0.39 is 6.29 Å². The van der Waals surface area contributed by atoms with Gasteiger partial charge in [-0.3, -0.25) is 0 Å². The fourth-order valence-corrected chi connectivity index (χ4v) is 2.23. The predicted molar refractivity (Wildman–Crippen MR) is 65.6 cm³/mol. The van der Waals surface area contributed by atoms with Crippen LogP contribution in [0.1, 0.15) is 24.7 Å².